The fourth-order valence-corrected chi connectivity index (χ4v) is 2.63. The highest BCUT2D eigenvalue weighted by Crippen LogP contribution is 2.26. The number of ether oxygens (including phenoxy) is 2. The summed E-state index contributed by atoms with van der Waals surface area (Å²) in [6, 6.07) is 6.41. The molecule has 0 aliphatic heterocycles. The highest BCUT2D eigenvalue weighted by molar-refractivity contribution is 6.31. The van der Waals surface area contributed by atoms with Gasteiger partial charge in [-0.3, -0.25) is 0 Å². The number of esters is 2. The first-order valence-electron chi connectivity index (χ1n) is 7.90. The van der Waals surface area contributed by atoms with Gasteiger partial charge in [-0.15, -0.1) is 5.10 Å². The summed E-state index contributed by atoms with van der Waals surface area (Å²) in [6.07, 6.45) is -0.517. The Kier molecular flexibility index (Phi) is 6.14. The van der Waals surface area contributed by atoms with Crippen molar-refractivity contribution >= 4 is 23.5 Å². The van der Waals surface area contributed by atoms with Crippen molar-refractivity contribution in [3.8, 4) is 0 Å². The van der Waals surface area contributed by atoms with Crippen molar-refractivity contribution in [2.75, 3.05) is 6.61 Å². The number of aromatic nitrogens is 3. The molecule has 0 aliphatic rings. The summed E-state index contributed by atoms with van der Waals surface area (Å²) in [5.41, 5.74) is 1.24. The molecule has 8 heteroatoms. The summed E-state index contributed by atoms with van der Waals surface area (Å²) in [4.78, 5) is 24.2. The monoisotopic (exact) mass is 365 g/mol. The van der Waals surface area contributed by atoms with E-state index < -0.39 is 24.1 Å². The molecule has 2 atom stereocenters. The van der Waals surface area contributed by atoms with Gasteiger partial charge in [0.25, 0.3) is 0 Å². The standard InChI is InChI=1S/C17H20ClN3O4/c1-5-24-17(23)15-10(2)21(20-19-15)11(3)16(22)25-12(4)13-8-6-7-9-14(13)18/h6-9,11-12H,5H2,1-4H3. The Morgan fingerprint density at radius 3 is 2.60 bits per heavy atom. The largest absolute Gasteiger partial charge is 0.461 e. The molecule has 134 valence electrons. The number of carbonyl (C=O) groups is 2. The van der Waals surface area contributed by atoms with E-state index >= 15 is 0 Å². The van der Waals surface area contributed by atoms with Crippen LogP contribution in [-0.2, 0) is 14.3 Å². The van der Waals surface area contributed by atoms with Gasteiger partial charge < -0.3 is 9.47 Å². The van der Waals surface area contributed by atoms with Gasteiger partial charge in [0.05, 0.1) is 12.3 Å². The van der Waals surface area contributed by atoms with Crippen molar-refractivity contribution in [3.05, 3.63) is 46.2 Å². The average Bonchev–Trinajstić information content (AvgIpc) is 2.96. The molecule has 1 aromatic carbocycles. The number of rotatable bonds is 6. The van der Waals surface area contributed by atoms with E-state index in [1.54, 1.807) is 45.9 Å². The van der Waals surface area contributed by atoms with Crippen LogP contribution < -0.4 is 0 Å². The smallest absolute Gasteiger partial charge is 0.360 e. The summed E-state index contributed by atoms with van der Waals surface area (Å²) in [6.45, 7) is 6.95. The molecule has 1 heterocycles. The van der Waals surface area contributed by atoms with Gasteiger partial charge in [0.1, 0.15) is 12.1 Å². The summed E-state index contributed by atoms with van der Waals surface area (Å²) in [5, 5.41) is 8.20. The van der Waals surface area contributed by atoms with Crippen LogP contribution in [0.1, 0.15) is 54.7 Å². The van der Waals surface area contributed by atoms with E-state index in [9.17, 15) is 9.59 Å². The molecule has 0 N–H and O–H groups in total. The van der Waals surface area contributed by atoms with E-state index in [1.807, 2.05) is 6.07 Å². The molecule has 0 radical (unpaired) electrons. The number of carbonyl (C=O) groups excluding carboxylic acids is 2. The first-order chi connectivity index (χ1) is 11.9. The Bertz CT molecular complexity index is 775. The lowest BCUT2D eigenvalue weighted by Gasteiger charge is -2.18. The maximum Gasteiger partial charge on any atom is 0.360 e. The number of halogens is 1. The van der Waals surface area contributed by atoms with E-state index in [0.29, 0.717) is 16.3 Å². The van der Waals surface area contributed by atoms with Crippen LogP contribution in [0.3, 0.4) is 0 Å². The molecule has 0 fully saturated rings. The van der Waals surface area contributed by atoms with Crippen LogP contribution in [0.25, 0.3) is 0 Å². The van der Waals surface area contributed by atoms with Crippen molar-refractivity contribution in [1.29, 1.82) is 0 Å². The molecule has 0 amide bonds. The minimum Gasteiger partial charge on any atom is -0.461 e. The summed E-state index contributed by atoms with van der Waals surface area (Å²) >= 11 is 6.12. The third kappa shape index (κ3) is 4.17. The Labute approximate surface area is 150 Å². The van der Waals surface area contributed by atoms with Crippen LogP contribution in [0.15, 0.2) is 24.3 Å². The average molecular weight is 366 g/mol. The molecule has 2 unspecified atom stereocenters. The van der Waals surface area contributed by atoms with E-state index in [2.05, 4.69) is 10.3 Å². The van der Waals surface area contributed by atoms with E-state index in [4.69, 9.17) is 21.1 Å². The van der Waals surface area contributed by atoms with Crippen LogP contribution in [0.5, 0.6) is 0 Å². The van der Waals surface area contributed by atoms with E-state index in [-0.39, 0.29) is 12.3 Å². The van der Waals surface area contributed by atoms with Crippen LogP contribution in [0, 0.1) is 6.92 Å². The van der Waals surface area contributed by atoms with Gasteiger partial charge in [0, 0.05) is 10.6 Å². The highest BCUT2D eigenvalue weighted by Gasteiger charge is 2.26. The Morgan fingerprint density at radius 1 is 1.28 bits per heavy atom. The highest BCUT2D eigenvalue weighted by atomic mass is 35.5. The molecule has 7 nitrogen and oxygen atoms in total. The molecule has 2 rings (SSSR count). The van der Waals surface area contributed by atoms with Gasteiger partial charge in [0.2, 0.25) is 0 Å². The first kappa shape index (κ1) is 18.9. The predicted molar refractivity (Wildman–Crippen MR) is 91.4 cm³/mol. The van der Waals surface area contributed by atoms with Crippen LogP contribution in [0.4, 0.5) is 0 Å². The number of hydrogen-bond donors (Lipinski definition) is 0. The fraction of sp³-hybridized carbons (Fsp3) is 0.412. The van der Waals surface area contributed by atoms with Gasteiger partial charge >= 0.3 is 11.9 Å². The second kappa shape index (κ2) is 8.11. The number of hydrogen-bond acceptors (Lipinski definition) is 6. The van der Waals surface area contributed by atoms with Gasteiger partial charge in [-0.05, 0) is 33.8 Å². The third-order valence-corrected chi connectivity index (χ3v) is 4.08. The van der Waals surface area contributed by atoms with E-state index in [1.165, 1.54) is 4.68 Å². The third-order valence-electron chi connectivity index (χ3n) is 3.74. The maximum atomic E-state index is 12.4. The molecular formula is C17H20ClN3O4. The van der Waals surface area contributed by atoms with Crippen molar-refractivity contribution in [2.45, 2.75) is 39.8 Å². The van der Waals surface area contributed by atoms with Gasteiger partial charge in [0.15, 0.2) is 5.69 Å². The van der Waals surface area contributed by atoms with Gasteiger partial charge in [-0.1, -0.05) is 35.0 Å². The first-order valence-corrected chi connectivity index (χ1v) is 8.28. The number of benzene rings is 1. The molecule has 0 aliphatic carbocycles. The molecular weight excluding hydrogens is 346 g/mol. The van der Waals surface area contributed by atoms with Gasteiger partial charge in [-0.25, -0.2) is 14.3 Å². The van der Waals surface area contributed by atoms with Crippen molar-refractivity contribution < 1.29 is 19.1 Å². The summed E-state index contributed by atoms with van der Waals surface area (Å²) in [7, 11) is 0. The fourth-order valence-electron chi connectivity index (χ4n) is 2.34. The molecule has 2 aromatic rings. The molecule has 0 saturated heterocycles. The van der Waals surface area contributed by atoms with Crippen LogP contribution in [-0.4, -0.2) is 33.5 Å². The zero-order valence-electron chi connectivity index (χ0n) is 14.5. The Hall–Kier alpha value is -2.41. The summed E-state index contributed by atoms with van der Waals surface area (Å²) < 4.78 is 11.7. The predicted octanol–water partition coefficient (Wildman–Crippen LogP) is 3.28. The quantitative estimate of drug-likeness (QED) is 0.730. The second-order valence-electron chi connectivity index (χ2n) is 5.47. The lowest BCUT2D eigenvalue weighted by Crippen LogP contribution is -2.23. The lowest BCUT2D eigenvalue weighted by molar-refractivity contribution is -0.152. The zero-order valence-corrected chi connectivity index (χ0v) is 15.3. The van der Waals surface area contributed by atoms with Crippen LogP contribution in [0.2, 0.25) is 5.02 Å². The Balaban J connectivity index is 2.13. The maximum absolute atomic E-state index is 12.4. The molecule has 25 heavy (non-hydrogen) atoms. The second-order valence-corrected chi connectivity index (χ2v) is 5.87. The zero-order chi connectivity index (χ0) is 18.6. The molecule has 0 spiro atoms. The molecule has 0 saturated carbocycles. The minimum absolute atomic E-state index is 0.0839. The van der Waals surface area contributed by atoms with Crippen LogP contribution >= 0.6 is 11.6 Å². The van der Waals surface area contributed by atoms with Crippen molar-refractivity contribution in [2.24, 2.45) is 0 Å². The SMILES string of the molecule is CCOC(=O)c1nnn(C(C)C(=O)OC(C)c2ccccc2Cl)c1C. The Morgan fingerprint density at radius 2 is 1.96 bits per heavy atom. The van der Waals surface area contributed by atoms with Crippen molar-refractivity contribution in [1.82, 2.24) is 15.0 Å². The lowest BCUT2D eigenvalue weighted by atomic mass is 10.1. The molecule has 0 bridgehead atoms. The van der Waals surface area contributed by atoms with E-state index in [0.717, 1.165) is 0 Å². The van der Waals surface area contributed by atoms with Gasteiger partial charge in [-0.2, -0.15) is 0 Å². The normalized spacial score (nSPS) is 13.2. The topological polar surface area (TPSA) is 83.3 Å². The van der Waals surface area contributed by atoms with Crippen molar-refractivity contribution in [3.63, 3.8) is 0 Å². The molecule has 1 aromatic heterocycles. The number of nitrogens with zero attached hydrogens (tertiary/aromatic N) is 3. The minimum atomic E-state index is -0.749. The summed E-state index contributed by atoms with van der Waals surface area (Å²) in [5.74, 6) is -1.08.